The number of thiophene rings is 1. The van der Waals surface area contributed by atoms with Crippen LogP contribution in [0, 0.1) is 0 Å². The maximum Gasteiger partial charge on any atom is 0.228 e. The third-order valence-corrected chi connectivity index (χ3v) is 8.30. The van der Waals surface area contributed by atoms with Crippen LogP contribution in [0.15, 0.2) is 81.5 Å². The highest BCUT2D eigenvalue weighted by molar-refractivity contribution is 7.99. The summed E-state index contributed by atoms with van der Waals surface area (Å²) in [7, 11) is 0. The lowest BCUT2D eigenvalue weighted by molar-refractivity contribution is -0.127. The van der Waals surface area contributed by atoms with Crippen molar-refractivity contribution in [3.8, 4) is 11.1 Å². The molecule has 6 nitrogen and oxygen atoms in total. The monoisotopic (exact) mass is 486 g/mol. The van der Waals surface area contributed by atoms with Crippen LogP contribution in [0.4, 0.5) is 0 Å². The van der Waals surface area contributed by atoms with E-state index >= 15 is 0 Å². The predicted molar refractivity (Wildman–Crippen MR) is 135 cm³/mol. The van der Waals surface area contributed by atoms with Crippen molar-refractivity contribution < 1.29 is 9.53 Å². The third-order valence-electron chi connectivity index (χ3n) is 6.64. The zero-order valence-corrected chi connectivity index (χ0v) is 19.9. The molecule has 2 N–H and O–H groups in total. The van der Waals surface area contributed by atoms with E-state index in [0.717, 1.165) is 37.5 Å². The average molecular weight is 487 g/mol. The molecule has 2 aromatic carbocycles. The van der Waals surface area contributed by atoms with Crippen LogP contribution in [0.5, 0.6) is 0 Å². The fourth-order valence-electron chi connectivity index (χ4n) is 4.78. The normalized spacial score (nSPS) is 15.6. The van der Waals surface area contributed by atoms with Crippen molar-refractivity contribution in [1.29, 1.82) is 0 Å². The van der Waals surface area contributed by atoms with Crippen LogP contribution in [0.3, 0.4) is 0 Å². The highest BCUT2D eigenvalue weighted by Crippen LogP contribution is 2.39. The molecular formula is C26H22N4O2S2. The highest BCUT2D eigenvalue weighted by Gasteiger charge is 2.40. The predicted octanol–water partition coefficient (Wildman–Crippen LogP) is 5.30. The van der Waals surface area contributed by atoms with E-state index in [2.05, 4.69) is 63.4 Å². The molecule has 0 atom stereocenters. The van der Waals surface area contributed by atoms with Gasteiger partial charge in [-0.2, -0.15) is 11.3 Å². The van der Waals surface area contributed by atoms with E-state index in [-0.39, 0.29) is 5.91 Å². The Morgan fingerprint density at radius 1 is 1.09 bits per heavy atom. The second kappa shape index (κ2) is 8.54. The van der Waals surface area contributed by atoms with Gasteiger partial charge in [0.1, 0.15) is 6.33 Å². The molecule has 0 unspecified atom stereocenters. The van der Waals surface area contributed by atoms with Crippen molar-refractivity contribution in [1.82, 2.24) is 14.6 Å². The van der Waals surface area contributed by atoms with Gasteiger partial charge in [-0.25, -0.2) is 0 Å². The van der Waals surface area contributed by atoms with Crippen LogP contribution in [0.2, 0.25) is 0 Å². The summed E-state index contributed by atoms with van der Waals surface area (Å²) in [5.74, 6) is -0.278. The molecule has 0 bridgehead atoms. The molecule has 1 aliphatic rings. The SMILES string of the molecule is NC(=O)C1(c2cccc(Sc3ccc4c(-c5ccsc5)cc5nncn5c4c3)c2)CCOCC1. The lowest BCUT2D eigenvalue weighted by atomic mass is 9.73. The van der Waals surface area contributed by atoms with E-state index in [1.54, 1.807) is 29.4 Å². The maximum absolute atomic E-state index is 12.5. The topological polar surface area (TPSA) is 82.5 Å². The first-order valence-corrected chi connectivity index (χ1v) is 12.9. The van der Waals surface area contributed by atoms with Crippen LogP contribution in [-0.4, -0.2) is 33.7 Å². The van der Waals surface area contributed by atoms with Gasteiger partial charge in [-0.15, -0.1) is 10.2 Å². The molecule has 1 amide bonds. The van der Waals surface area contributed by atoms with Crippen LogP contribution >= 0.6 is 23.1 Å². The van der Waals surface area contributed by atoms with Gasteiger partial charge in [0.25, 0.3) is 0 Å². The number of hydrogen-bond acceptors (Lipinski definition) is 6. The zero-order chi connectivity index (χ0) is 23.1. The molecule has 0 aliphatic carbocycles. The van der Waals surface area contributed by atoms with E-state index < -0.39 is 5.41 Å². The number of hydrogen-bond donors (Lipinski definition) is 1. The summed E-state index contributed by atoms with van der Waals surface area (Å²) in [4.78, 5) is 14.6. The Kier molecular flexibility index (Phi) is 5.36. The number of ether oxygens (including phenoxy) is 1. The van der Waals surface area contributed by atoms with Crippen LogP contribution in [0.1, 0.15) is 18.4 Å². The molecule has 0 saturated carbocycles. The molecule has 5 aromatic rings. The number of nitrogens with zero attached hydrogens (tertiary/aromatic N) is 3. The molecule has 0 radical (unpaired) electrons. The Labute approximate surface area is 204 Å². The molecule has 3 aromatic heterocycles. The minimum absolute atomic E-state index is 0.278. The second-order valence-electron chi connectivity index (χ2n) is 8.50. The van der Waals surface area contributed by atoms with Crippen molar-refractivity contribution >= 4 is 45.6 Å². The standard InChI is InChI=1S/C26H22N4O2S2/c27-25(31)26(7-9-32-10-8-26)18-2-1-3-19(12-18)34-20-4-5-21-22(17-6-11-33-15-17)14-24-29-28-16-30(24)23(21)13-20/h1-6,11-16H,7-10H2,(H2,27,31). The summed E-state index contributed by atoms with van der Waals surface area (Å²) in [6.07, 6.45) is 2.98. The van der Waals surface area contributed by atoms with E-state index in [1.807, 2.05) is 16.5 Å². The molecule has 0 spiro atoms. The maximum atomic E-state index is 12.5. The summed E-state index contributed by atoms with van der Waals surface area (Å²) in [6.45, 7) is 1.10. The van der Waals surface area contributed by atoms with Crippen LogP contribution in [0.25, 0.3) is 27.7 Å². The highest BCUT2D eigenvalue weighted by atomic mass is 32.2. The Balaban J connectivity index is 1.41. The first-order chi connectivity index (χ1) is 16.6. The third kappa shape index (κ3) is 3.58. The number of pyridine rings is 1. The number of benzene rings is 2. The molecule has 34 heavy (non-hydrogen) atoms. The Hall–Kier alpha value is -3.20. The Morgan fingerprint density at radius 2 is 1.94 bits per heavy atom. The molecule has 170 valence electrons. The molecule has 1 aliphatic heterocycles. The summed E-state index contributed by atoms with van der Waals surface area (Å²) in [5.41, 5.74) is 10.4. The van der Waals surface area contributed by atoms with Gasteiger partial charge in [-0.1, -0.05) is 30.0 Å². The number of carbonyl (C=O) groups excluding carboxylic acids is 1. The fraction of sp³-hybridized carbons (Fsp3) is 0.192. The largest absolute Gasteiger partial charge is 0.381 e. The second-order valence-corrected chi connectivity index (χ2v) is 10.4. The number of carbonyl (C=O) groups is 1. The van der Waals surface area contributed by atoms with Gasteiger partial charge >= 0.3 is 0 Å². The van der Waals surface area contributed by atoms with Gasteiger partial charge in [-0.3, -0.25) is 9.20 Å². The minimum atomic E-state index is -0.664. The quantitative estimate of drug-likeness (QED) is 0.365. The molecule has 4 heterocycles. The Morgan fingerprint density at radius 3 is 2.74 bits per heavy atom. The van der Waals surface area contributed by atoms with Crippen molar-refractivity contribution in [2.45, 2.75) is 28.0 Å². The number of rotatable bonds is 5. The van der Waals surface area contributed by atoms with Gasteiger partial charge < -0.3 is 10.5 Å². The number of amides is 1. The first-order valence-electron chi connectivity index (χ1n) is 11.1. The van der Waals surface area contributed by atoms with Gasteiger partial charge in [-0.05, 0) is 76.7 Å². The van der Waals surface area contributed by atoms with Gasteiger partial charge in [0.05, 0.1) is 10.9 Å². The zero-order valence-electron chi connectivity index (χ0n) is 18.3. The van der Waals surface area contributed by atoms with E-state index in [9.17, 15) is 4.79 Å². The molecule has 6 rings (SSSR count). The van der Waals surface area contributed by atoms with Crippen molar-refractivity contribution in [3.05, 3.63) is 77.2 Å². The van der Waals surface area contributed by atoms with Gasteiger partial charge in [0.15, 0.2) is 5.65 Å². The average Bonchev–Trinajstić information content (AvgIpc) is 3.56. The number of nitrogens with two attached hydrogens (primary N) is 1. The number of aromatic nitrogens is 3. The van der Waals surface area contributed by atoms with Gasteiger partial charge in [0, 0.05) is 28.4 Å². The van der Waals surface area contributed by atoms with E-state index in [4.69, 9.17) is 10.5 Å². The van der Waals surface area contributed by atoms with E-state index in [1.165, 1.54) is 5.56 Å². The Bertz CT molecular complexity index is 1500. The van der Waals surface area contributed by atoms with Crippen molar-refractivity contribution in [2.75, 3.05) is 13.2 Å². The smallest absolute Gasteiger partial charge is 0.228 e. The lowest BCUT2D eigenvalue weighted by Gasteiger charge is -2.34. The molecule has 1 fully saturated rings. The molecule has 1 saturated heterocycles. The number of fused-ring (bicyclic) bond motifs is 3. The van der Waals surface area contributed by atoms with Crippen molar-refractivity contribution in [2.24, 2.45) is 5.73 Å². The summed E-state index contributed by atoms with van der Waals surface area (Å²) in [6, 6.07) is 18.9. The van der Waals surface area contributed by atoms with E-state index in [0.29, 0.717) is 26.1 Å². The lowest BCUT2D eigenvalue weighted by Crippen LogP contribution is -2.45. The molecular weight excluding hydrogens is 464 g/mol. The summed E-state index contributed by atoms with van der Waals surface area (Å²) < 4.78 is 7.53. The van der Waals surface area contributed by atoms with Crippen molar-refractivity contribution in [3.63, 3.8) is 0 Å². The first kappa shape index (κ1) is 21.3. The number of primary amides is 1. The summed E-state index contributed by atoms with van der Waals surface area (Å²) in [5, 5.41) is 13.8. The van der Waals surface area contributed by atoms with Crippen LogP contribution < -0.4 is 5.73 Å². The summed E-state index contributed by atoms with van der Waals surface area (Å²) >= 11 is 3.35. The fourth-order valence-corrected chi connectivity index (χ4v) is 6.35. The molecule has 8 heteroatoms. The minimum Gasteiger partial charge on any atom is -0.381 e. The van der Waals surface area contributed by atoms with Crippen LogP contribution in [-0.2, 0) is 14.9 Å². The van der Waals surface area contributed by atoms with Gasteiger partial charge in [0.2, 0.25) is 5.91 Å².